The molecule has 2 aromatic carbocycles. The molecular weight excluding hydrogens is 287 g/mol. The number of fused-ring (bicyclic) bond motifs is 1. The minimum atomic E-state index is -0.376. The second kappa shape index (κ2) is 5.98. The fraction of sp³-hybridized carbons (Fsp3) is 0.278. The molecule has 0 aliphatic heterocycles. The van der Waals surface area contributed by atoms with Gasteiger partial charge in [-0.15, -0.1) is 0 Å². The average Bonchev–Trinajstić information content (AvgIpc) is 2.49. The zero-order chi connectivity index (χ0) is 14.8. The van der Waals surface area contributed by atoms with Crippen LogP contribution in [0.5, 0.6) is 0 Å². The smallest absolute Gasteiger partial charge is 0.144 e. The molecule has 1 aliphatic carbocycles. The van der Waals surface area contributed by atoms with Gasteiger partial charge in [0.2, 0.25) is 0 Å². The molecule has 1 nitrogen and oxygen atoms in total. The van der Waals surface area contributed by atoms with Crippen molar-refractivity contribution in [3.63, 3.8) is 0 Å². The van der Waals surface area contributed by atoms with Crippen molar-refractivity contribution in [2.45, 2.75) is 31.6 Å². The normalized spacial score (nSPS) is 17.3. The first kappa shape index (κ1) is 14.3. The van der Waals surface area contributed by atoms with Gasteiger partial charge in [0.15, 0.2) is 0 Å². The number of aryl methyl sites for hydroxylation is 1. The summed E-state index contributed by atoms with van der Waals surface area (Å²) in [6.45, 7) is 0. The molecule has 0 heterocycles. The highest BCUT2D eigenvalue weighted by atomic mass is 35.5. The maximum absolute atomic E-state index is 13.1. The van der Waals surface area contributed by atoms with Gasteiger partial charge in [0.1, 0.15) is 11.6 Å². The lowest BCUT2D eigenvalue weighted by Crippen LogP contribution is -2.20. The number of benzene rings is 2. The van der Waals surface area contributed by atoms with Crippen molar-refractivity contribution >= 4 is 17.4 Å². The zero-order valence-corrected chi connectivity index (χ0v) is 12.4. The SMILES string of the molecule is O=C(Cc1ccc(F)cc1Cl)C1CCCc2ccccc21. The number of Topliss-reactive ketones (excluding diaryl/α,β-unsaturated/α-hetero) is 1. The zero-order valence-electron chi connectivity index (χ0n) is 11.6. The molecule has 0 amide bonds. The first-order valence-corrected chi connectivity index (χ1v) is 7.57. The first-order chi connectivity index (χ1) is 10.1. The number of halogens is 2. The molecular formula is C18H16ClFO. The fourth-order valence-corrected chi connectivity index (χ4v) is 3.30. The van der Waals surface area contributed by atoms with E-state index < -0.39 is 0 Å². The fourth-order valence-electron chi connectivity index (χ4n) is 3.06. The molecule has 21 heavy (non-hydrogen) atoms. The summed E-state index contributed by atoms with van der Waals surface area (Å²) in [4.78, 5) is 12.6. The highest BCUT2D eigenvalue weighted by molar-refractivity contribution is 6.31. The Bertz CT molecular complexity index is 681. The van der Waals surface area contributed by atoms with Crippen molar-refractivity contribution < 1.29 is 9.18 Å². The van der Waals surface area contributed by atoms with Crippen molar-refractivity contribution in [3.05, 3.63) is 70.0 Å². The van der Waals surface area contributed by atoms with E-state index in [9.17, 15) is 9.18 Å². The van der Waals surface area contributed by atoms with E-state index in [1.807, 2.05) is 18.2 Å². The van der Waals surface area contributed by atoms with Crippen LogP contribution in [0.1, 0.15) is 35.4 Å². The van der Waals surface area contributed by atoms with Gasteiger partial charge in [-0.25, -0.2) is 4.39 Å². The minimum Gasteiger partial charge on any atom is -0.299 e. The third-order valence-corrected chi connectivity index (χ3v) is 4.49. The molecule has 0 saturated heterocycles. The van der Waals surface area contributed by atoms with Gasteiger partial charge < -0.3 is 0 Å². The summed E-state index contributed by atoms with van der Waals surface area (Å²) in [6.07, 6.45) is 3.22. The Morgan fingerprint density at radius 1 is 1.24 bits per heavy atom. The topological polar surface area (TPSA) is 17.1 Å². The Morgan fingerprint density at radius 3 is 2.86 bits per heavy atom. The number of carbonyl (C=O) groups excluding carboxylic acids is 1. The van der Waals surface area contributed by atoms with Crippen LogP contribution in [0.2, 0.25) is 5.02 Å². The molecule has 1 atom stereocenters. The molecule has 0 saturated carbocycles. The Balaban J connectivity index is 1.83. The van der Waals surface area contributed by atoms with Crippen LogP contribution in [-0.2, 0) is 17.6 Å². The Kier molecular flexibility index (Phi) is 4.07. The lowest BCUT2D eigenvalue weighted by molar-refractivity contribution is -0.120. The second-order valence-corrected chi connectivity index (χ2v) is 5.93. The van der Waals surface area contributed by atoms with E-state index in [4.69, 9.17) is 11.6 Å². The van der Waals surface area contributed by atoms with Crippen LogP contribution in [0.25, 0.3) is 0 Å². The van der Waals surface area contributed by atoms with Crippen LogP contribution < -0.4 is 0 Å². The molecule has 0 N–H and O–H groups in total. The van der Waals surface area contributed by atoms with Crippen LogP contribution in [-0.4, -0.2) is 5.78 Å². The first-order valence-electron chi connectivity index (χ1n) is 7.19. The monoisotopic (exact) mass is 302 g/mol. The Hall–Kier alpha value is -1.67. The minimum absolute atomic E-state index is 0.0592. The van der Waals surface area contributed by atoms with Crippen LogP contribution >= 0.6 is 11.6 Å². The third kappa shape index (κ3) is 3.01. The summed E-state index contributed by atoms with van der Waals surface area (Å²) in [5, 5.41) is 0.326. The summed E-state index contributed by atoms with van der Waals surface area (Å²) >= 11 is 6.02. The molecule has 0 fully saturated rings. The van der Waals surface area contributed by atoms with E-state index in [1.54, 1.807) is 6.07 Å². The van der Waals surface area contributed by atoms with Gasteiger partial charge in [0, 0.05) is 17.4 Å². The van der Waals surface area contributed by atoms with E-state index in [2.05, 4.69) is 6.07 Å². The number of ketones is 1. The summed E-state index contributed by atoms with van der Waals surface area (Å²) in [6, 6.07) is 12.4. The van der Waals surface area contributed by atoms with Gasteiger partial charge in [-0.3, -0.25) is 4.79 Å². The molecule has 108 valence electrons. The molecule has 1 aliphatic rings. The van der Waals surface area contributed by atoms with E-state index in [0.29, 0.717) is 10.6 Å². The largest absolute Gasteiger partial charge is 0.299 e. The summed E-state index contributed by atoms with van der Waals surface area (Å²) < 4.78 is 13.1. The van der Waals surface area contributed by atoms with Crippen LogP contribution in [0.4, 0.5) is 4.39 Å². The van der Waals surface area contributed by atoms with Crippen molar-refractivity contribution in [1.82, 2.24) is 0 Å². The van der Waals surface area contributed by atoms with Crippen molar-refractivity contribution in [2.75, 3.05) is 0 Å². The molecule has 3 heteroatoms. The van der Waals surface area contributed by atoms with Crippen LogP contribution in [0, 0.1) is 5.82 Å². The van der Waals surface area contributed by atoms with Crippen molar-refractivity contribution in [3.8, 4) is 0 Å². The highest BCUT2D eigenvalue weighted by Crippen LogP contribution is 2.33. The van der Waals surface area contributed by atoms with Crippen LogP contribution in [0.15, 0.2) is 42.5 Å². The van der Waals surface area contributed by atoms with Crippen LogP contribution in [0.3, 0.4) is 0 Å². The van der Waals surface area contributed by atoms with E-state index >= 15 is 0 Å². The summed E-state index contributed by atoms with van der Waals surface area (Å²) in [5.74, 6) is -0.272. The van der Waals surface area contributed by atoms with Crippen molar-refractivity contribution in [2.24, 2.45) is 0 Å². The Labute approximate surface area is 128 Å². The molecule has 0 spiro atoms. The third-order valence-electron chi connectivity index (χ3n) is 4.14. The predicted molar refractivity (Wildman–Crippen MR) is 82.2 cm³/mol. The lowest BCUT2D eigenvalue weighted by Gasteiger charge is -2.24. The number of hydrogen-bond donors (Lipinski definition) is 0. The summed E-state index contributed by atoms with van der Waals surface area (Å²) in [7, 11) is 0. The molecule has 0 bridgehead atoms. The van der Waals surface area contributed by atoms with Gasteiger partial charge >= 0.3 is 0 Å². The van der Waals surface area contributed by atoms with Gasteiger partial charge in [-0.2, -0.15) is 0 Å². The summed E-state index contributed by atoms with van der Waals surface area (Å²) in [5.41, 5.74) is 3.12. The van der Waals surface area contributed by atoms with Gasteiger partial charge in [0.05, 0.1) is 0 Å². The number of rotatable bonds is 3. The van der Waals surface area contributed by atoms with E-state index in [1.165, 1.54) is 17.7 Å². The number of hydrogen-bond acceptors (Lipinski definition) is 1. The standard InChI is InChI=1S/C18H16ClFO/c19-17-11-14(20)9-8-13(17)10-18(21)16-7-3-5-12-4-1-2-6-15(12)16/h1-2,4,6,8-9,11,16H,3,5,7,10H2. The van der Waals surface area contributed by atoms with E-state index in [0.717, 1.165) is 24.8 Å². The molecule has 1 unspecified atom stereocenters. The maximum Gasteiger partial charge on any atom is 0.144 e. The van der Waals surface area contributed by atoms with Crippen molar-refractivity contribution in [1.29, 1.82) is 0 Å². The lowest BCUT2D eigenvalue weighted by atomic mass is 9.79. The Morgan fingerprint density at radius 2 is 2.05 bits per heavy atom. The molecule has 3 rings (SSSR count). The predicted octanol–water partition coefficient (Wildman–Crippen LogP) is 4.71. The molecule has 0 aromatic heterocycles. The quantitative estimate of drug-likeness (QED) is 0.802. The number of carbonyl (C=O) groups is 1. The van der Waals surface area contributed by atoms with Gasteiger partial charge in [-0.1, -0.05) is 41.9 Å². The van der Waals surface area contributed by atoms with Gasteiger partial charge in [-0.05, 0) is 48.1 Å². The second-order valence-electron chi connectivity index (χ2n) is 5.52. The molecule has 2 aromatic rings. The van der Waals surface area contributed by atoms with E-state index in [-0.39, 0.29) is 23.9 Å². The molecule has 0 radical (unpaired) electrons. The average molecular weight is 303 g/mol. The van der Waals surface area contributed by atoms with Gasteiger partial charge in [0.25, 0.3) is 0 Å². The highest BCUT2D eigenvalue weighted by Gasteiger charge is 2.26. The maximum atomic E-state index is 13.1.